The van der Waals surface area contributed by atoms with Crippen LogP contribution >= 0.6 is 0 Å². The molecular formula is C22H21N3O6. The standard InChI is InChI=1S/C22H21N3O6/c1-3-15-21-14-11-10-13(16(21)22(21,18(27)31-15)17(26)30-4-2)24-19(28)23(20(29)25(14)24)12-8-6-5-7-9-12/h5-11,13-16H,3-4H2,1-2H3/t13?,14?,15-,16+,21?,22+/m0/s1. The third kappa shape index (κ3) is 1.70. The summed E-state index contributed by atoms with van der Waals surface area (Å²) in [6.45, 7) is 3.70. The van der Waals surface area contributed by atoms with E-state index in [1.807, 2.05) is 25.1 Å². The highest BCUT2D eigenvalue weighted by atomic mass is 16.6. The molecule has 3 unspecified atom stereocenters. The molecule has 1 saturated heterocycles. The highest BCUT2D eigenvalue weighted by molar-refractivity contribution is 6.08. The van der Waals surface area contributed by atoms with Gasteiger partial charge in [0.15, 0.2) is 5.41 Å². The predicted octanol–water partition coefficient (Wildman–Crippen LogP) is 0.967. The van der Waals surface area contributed by atoms with E-state index < -0.39 is 58.3 Å². The normalized spacial score (nSPS) is 35.9. The molecule has 6 atom stereocenters. The Kier molecular flexibility index (Phi) is 3.36. The molecule has 31 heavy (non-hydrogen) atoms. The number of ether oxygens (including phenoxy) is 2. The van der Waals surface area contributed by atoms with E-state index in [9.17, 15) is 19.2 Å². The maximum absolute atomic E-state index is 13.5. The van der Waals surface area contributed by atoms with Gasteiger partial charge in [-0.1, -0.05) is 37.3 Å². The molecule has 4 heterocycles. The molecular weight excluding hydrogens is 402 g/mol. The SMILES string of the molecule is CCOC(=O)[C@]12C(=O)O[C@@H](CC)C13C1C=CC([C@H]32)n2c(=O)n(-c3ccccc3)c(=O)n21. The van der Waals surface area contributed by atoms with Gasteiger partial charge >= 0.3 is 23.3 Å². The summed E-state index contributed by atoms with van der Waals surface area (Å²) < 4.78 is 14.9. The number of allylic oxidation sites excluding steroid dienone is 2. The fourth-order valence-electron chi connectivity index (χ4n) is 6.62. The Balaban J connectivity index is 1.61. The van der Waals surface area contributed by atoms with Gasteiger partial charge in [0.2, 0.25) is 0 Å². The number of carbonyl (C=O) groups excluding carboxylic acids is 2. The number of cyclic esters (lactones) is 1. The van der Waals surface area contributed by atoms with Gasteiger partial charge in [-0.3, -0.25) is 9.59 Å². The third-order valence-electron chi connectivity index (χ3n) is 7.54. The van der Waals surface area contributed by atoms with Crippen LogP contribution in [0, 0.1) is 16.7 Å². The van der Waals surface area contributed by atoms with Crippen LogP contribution in [0.15, 0.2) is 52.1 Å². The number of esters is 2. The molecule has 9 heteroatoms. The van der Waals surface area contributed by atoms with E-state index in [-0.39, 0.29) is 6.61 Å². The van der Waals surface area contributed by atoms with E-state index >= 15 is 0 Å². The first-order chi connectivity index (χ1) is 15.0. The number of benzene rings is 1. The lowest BCUT2D eigenvalue weighted by molar-refractivity contribution is -0.163. The Hall–Kier alpha value is -3.36. The molecule has 160 valence electrons. The van der Waals surface area contributed by atoms with Gasteiger partial charge < -0.3 is 9.47 Å². The first-order valence-corrected chi connectivity index (χ1v) is 10.6. The van der Waals surface area contributed by atoms with E-state index in [1.165, 1.54) is 9.36 Å². The van der Waals surface area contributed by atoms with Gasteiger partial charge in [-0.2, -0.15) is 0 Å². The summed E-state index contributed by atoms with van der Waals surface area (Å²) in [5.74, 6) is -1.71. The van der Waals surface area contributed by atoms with Crippen molar-refractivity contribution in [2.45, 2.75) is 38.5 Å². The minimum atomic E-state index is -1.50. The lowest BCUT2D eigenvalue weighted by Crippen LogP contribution is -2.48. The second-order valence-corrected chi connectivity index (χ2v) is 8.49. The summed E-state index contributed by atoms with van der Waals surface area (Å²) in [5.41, 5.74) is -2.94. The highest BCUT2D eigenvalue weighted by Gasteiger charge is 2.97. The molecule has 2 fully saturated rings. The quantitative estimate of drug-likeness (QED) is 0.413. The smallest absolute Gasteiger partial charge is 0.352 e. The van der Waals surface area contributed by atoms with Gasteiger partial charge in [0.25, 0.3) is 0 Å². The van der Waals surface area contributed by atoms with E-state index in [4.69, 9.17) is 9.47 Å². The molecule has 1 spiro atoms. The molecule has 3 aliphatic heterocycles. The number of para-hydroxylation sites is 1. The number of rotatable bonds is 4. The average molecular weight is 423 g/mol. The number of hydrogen-bond acceptors (Lipinski definition) is 6. The summed E-state index contributed by atoms with van der Waals surface area (Å²) in [6.07, 6.45) is 3.63. The average Bonchev–Trinajstić information content (AvgIpc) is 3.28. The first-order valence-electron chi connectivity index (χ1n) is 10.6. The van der Waals surface area contributed by atoms with Crippen molar-refractivity contribution in [3.63, 3.8) is 0 Å². The topological polar surface area (TPSA) is 102 Å². The van der Waals surface area contributed by atoms with E-state index in [1.54, 1.807) is 31.2 Å². The van der Waals surface area contributed by atoms with Crippen molar-refractivity contribution in [1.29, 1.82) is 0 Å². The van der Waals surface area contributed by atoms with Gasteiger partial charge in [0, 0.05) is 5.92 Å². The van der Waals surface area contributed by atoms with Crippen molar-refractivity contribution in [3.8, 4) is 5.69 Å². The second kappa shape index (κ2) is 5.66. The molecule has 0 N–H and O–H groups in total. The van der Waals surface area contributed by atoms with Gasteiger partial charge in [-0.15, -0.1) is 0 Å². The van der Waals surface area contributed by atoms with E-state index in [0.717, 1.165) is 4.57 Å². The van der Waals surface area contributed by atoms with Crippen molar-refractivity contribution in [1.82, 2.24) is 13.9 Å². The summed E-state index contributed by atoms with van der Waals surface area (Å²) in [4.78, 5) is 53.1. The zero-order valence-electron chi connectivity index (χ0n) is 17.1. The maximum atomic E-state index is 13.5. The van der Waals surface area contributed by atoms with Crippen LogP contribution in [0.1, 0.15) is 32.4 Å². The number of aromatic nitrogens is 3. The lowest BCUT2D eigenvalue weighted by Gasteiger charge is -2.40. The largest absolute Gasteiger partial charge is 0.465 e. The molecule has 7 rings (SSSR count). The fraction of sp³-hybridized carbons (Fsp3) is 0.455. The molecule has 0 radical (unpaired) electrons. The Morgan fingerprint density at radius 1 is 1.06 bits per heavy atom. The zero-order chi connectivity index (χ0) is 21.7. The molecule has 1 saturated carbocycles. The minimum Gasteiger partial charge on any atom is -0.465 e. The Morgan fingerprint density at radius 3 is 2.45 bits per heavy atom. The summed E-state index contributed by atoms with van der Waals surface area (Å²) >= 11 is 0. The minimum absolute atomic E-state index is 0.128. The van der Waals surface area contributed by atoms with Crippen molar-refractivity contribution >= 4 is 11.9 Å². The van der Waals surface area contributed by atoms with Crippen molar-refractivity contribution in [2.24, 2.45) is 16.7 Å². The summed E-state index contributed by atoms with van der Waals surface area (Å²) in [5, 5.41) is 0. The van der Waals surface area contributed by atoms with Crippen molar-refractivity contribution < 1.29 is 19.1 Å². The van der Waals surface area contributed by atoms with Crippen molar-refractivity contribution in [2.75, 3.05) is 6.61 Å². The van der Waals surface area contributed by atoms with Crippen LogP contribution in [0.2, 0.25) is 0 Å². The van der Waals surface area contributed by atoms with Gasteiger partial charge in [0.05, 0.1) is 29.8 Å². The van der Waals surface area contributed by atoms with Crippen molar-refractivity contribution in [3.05, 3.63) is 63.5 Å². The molecule has 2 bridgehead atoms. The summed E-state index contributed by atoms with van der Waals surface area (Å²) in [6, 6.07) is 7.45. The van der Waals surface area contributed by atoms with Crippen LogP contribution in [0.5, 0.6) is 0 Å². The molecule has 1 aromatic heterocycles. The summed E-state index contributed by atoms with van der Waals surface area (Å²) in [7, 11) is 0. The maximum Gasteiger partial charge on any atom is 0.352 e. The third-order valence-corrected chi connectivity index (χ3v) is 7.54. The van der Waals surface area contributed by atoms with Crippen LogP contribution in [0.25, 0.3) is 5.69 Å². The van der Waals surface area contributed by atoms with Crippen LogP contribution in [0.3, 0.4) is 0 Å². The molecule has 0 amide bonds. The van der Waals surface area contributed by atoms with E-state index in [0.29, 0.717) is 12.1 Å². The monoisotopic (exact) mass is 423 g/mol. The lowest BCUT2D eigenvalue weighted by atomic mass is 9.78. The predicted molar refractivity (Wildman–Crippen MR) is 107 cm³/mol. The molecule has 9 nitrogen and oxygen atoms in total. The van der Waals surface area contributed by atoms with Gasteiger partial charge in [-0.05, 0) is 25.5 Å². The van der Waals surface area contributed by atoms with Crippen LogP contribution in [-0.2, 0) is 19.1 Å². The van der Waals surface area contributed by atoms with Gasteiger partial charge in [0.1, 0.15) is 6.10 Å². The Labute approximate surface area is 176 Å². The molecule has 5 aliphatic rings. The first kappa shape index (κ1) is 18.4. The Bertz CT molecular complexity index is 1290. The highest BCUT2D eigenvalue weighted by Crippen LogP contribution is 2.85. The van der Waals surface area contributed by atoms with E-state index in [2.05, 4.69) is 0 Å². The van der Waals surface area contributed by atoms with Crippen LogP contribution < -0.4 is 11.4 Å². The number of carbonyl (C=O) groups is 2. The van der Waals surface area contributed by atoms with Crippen LogP contribution in [0.4, 0.5) is 0 Å². The molecule has 2 aromatic rings. The van der Waals surface area contributed by atoms with Crippen LogP contribution in [-0.4, -0.2) is 38.6 Å². The Morgan fingerprint density at radius 2 is 1.77 bits per heavy atom. The fourth-order valence-corrected chi connectivity index (χ4v) is 6.62. The second-order valence-electron chi connectivity index (χ2n) is 8.49. The van der Waals surface area contributed by atoms with Gasteiger partial charge in [-0.25, -0.2) is 23.5 Å². The number of nitrogens with zero attached hydrogens (tertiary/aromatic N) is 3. The molecule has 2 aliphatic carbocycles. The zero-order valence-corrected chi connectivity index (χ0v) is 17.1. The number of hydrogen-bond donors (Lipinski definition) is 0. The molecule has 1 aromatic carbocycles.